The number of methoxy groups -OCH3 is 1. The van der Waals surface area contributed by atoms with Gasteiger partial charge in [0.05, 0.1) is 36.7 Å². The summed E-state index contributed by atoms with van der Waals surface area (Å²) in [5, 5.41) is 5.72. The van der Waals surface area contributed by atoms with Gasteiger partial charge in [-0.1, -0.05) is 71.0 Å². The molecule has 4 bridgehead atoms. The van der Waals surface area contributed by atoms with Crippen LogP contribution in [0.25, 0.3) is 22.2 Å². The quantitative estimate of drug-likeness (QED) is 0.248. The number of alkyl carbamates (subject to hydrolysis) is 1. The fourth-order valence-corrected chi connectivity index (χ4v) is 9.51. The van der Waals surface area contributed by atoms with Crippen LogP contribution in [0.4, 0.5) is 4.79 Å². The van der Waals surface area contributed by atoms with Gasteiger partial charge in [0.2, 0.25) is 21.8 Å². The van der Waals surface area contributed by atoms with Gasteiger partial charge in [0, 0.05) is 35.4 Å². The molecular formula is C44H55N5O9S. The molecule has 3 N–H and O–H groups in total. The van der Waals surface area contributed by atoms with Crippen LogP contribution in [0.1, 0.15) is 78.7 Å². The number of nitrogens with zero attached hydrogens (tertiary/aromatic N) is 2. The molecule has 3 heterocycles. The second-order valence-corrected chi connectivity index (χ2v) is 20.2. The van der Waals surface area contributed by atoms with Crippen LogP contribution in [0.2, 0.25) is 0 Å². The summed E-state index contributed by atoms with van der Waals surface area (Å²) in [7, 11) is -2.30. The molecule has 5 atom stereocenters. The molecule has 0 unspecified atom stereocenters. The maximum atomic E-state index is 14.8. The number of aryl methyl sites for hydroxylation is 1. The molecule has 15 heteroatoms. The van der Waals surface area contributed by atoms with E-state index < -0.39 is 79.6 Å². The number of sulfonamides is 1. The zero-order chi connectivity index (χ0) is 42.5. The second-order valence-electron chi connectivity index (χ2n) is 18.3. The van der Waals surface area contributed by atoms with Gasteiger partial charge in [0.1, 0.15) is 35.2 Å². The van der Waals surface area contributed by atoms with E-state index in [0.717, 1.165) is 29.4 Å². The SMILES string of the molecule is C=C[C@@H]1C[C@]1(NC(=O)[C@@H]1C[C@@H]2CN1C(=O)[C@H](C(C)(C)C)NC(=O)OCC(C)(C)CCCc1cc3c(cc(-c4ccccc4)nc3cc1OC)O2)C(=O)NS(=O)(=O)C1CC1. The van der Waals surface area contributed by atoms with Gasteiger partial charge in [-0.15, -0.1) is 6.58 Å². The Bertz CT molecular complexity index is 2270. The molecular weight excluding hydrogens is 775 g/mol. The smallest absolute Gasteiger partial charge is 0.407 e. The highest BCUT2D eigenvalue weighted by molar-refractivity contribution is 7.91. The van der Waals surface area contributed by atoms with Crippen LogP contribution in [0.5, 0.6) is 11.5 Å². The Morgan fingerprint density at radius 1 is 1.10 bits per heavy atom. The molecule has 0 radical (unpaired) electrons. The van der Waals surface area contributed by atoms with Crippen LogP contribution in [-0.4, -0.2) is 91.4 Å². The van der Waals surface area contributed by atoms with Crippen LogP contribution >= 0.6 is 0 Å². The first kappa shape index (κ1) is 42.0. The molecule has 7 rings (SSSR count). The van der Waals surface area contributed by atoms with Crippen molar-refractivity contribution in [1.29, 1.82) is 0 Å². The highest BCUT2D eigenvalue weighted by atomic mass is 32.2. The van der Waals surface area contributed by atoms with Crippen molar-refractivity contribution in [3.05, 3.63) is 66.7 Å². The van der Waals surface area contributed by atoms with Crippen molar-refractivity contribution >= 4 is 44.7 Å². The fourth-order valence-electron chi connectivity index (χ4n) is 8.15. The van der Waals surface area contributed by atoms with Gasteiger partial charge in [0.25, 0.3) is 5.91 Å². The molecule has 2 aromatic carbocycles. The molecule has 2 aliphatic heterocycles. The summed E-state index contributed by atoms with van der Waals surface area (Å²) >= 11 is 0. The normalized spacial score (nSPS) is 26.1. The summed E-state index contributed by atoms with van der Waals surface area (Å²) in [6.07, 6.45) is 3.25. The Morgan fingerprint density at radius 2 is 1.83 bits per heavy atom. The zero-order valence-corrected chi connectivity index (χ0v) is 35.4. The molecule has 59 heavy (non-hydrogen) atoms. The minimum absolute atomic E-state index is 0.0252. The molecule has 2 saturated carbocycles. The van der Waals surface area contributed by atoms with Crippen molar-refractivity contribution in [3.8, 4) is 22.8 Å². The highest BCUT2D eigenvalue weighted by Gasteiger charge is 2.62. The molecule has 14 nitrogen and oxygen atoms in total. The number of nitrogens with one attached hydrogen (secondary N) is 3. The monoisotopic (exact) mass is 829 g/mol. The fraction of sp³-hybridized carbons (Fsp3) is 0.523. The number of benzene rings is 2. The Morgan fingerprint density at radius 3 is 2.47 bits per heavy atom. The van der Waals surface area contributed by atoms with E-state index in [-0.39, 0.29) is 26.0 Å². The number of rotatable bonds is 8. The molecule has 0 spiro atoms. The number of pyridine rings is 1. The second kappa shape index (κ2) is 15.8. The Kier molecular flexibility index (Phi) is 11.2. The van der Waals surface area contributed by atoms with E-state index in [1.807, 2.05) is 83.1 Å². The van der Waals surface area contributed by atoms with E-state index in [9.17, 15) is 27.6 Å². The maximum Gasteiger partial charge on any atom is 0.407 e. The summed E-state index contributed by atoms with van der Waals surface area (Å²) in [5.74, 6) is -1.40. The van der Waals surface area contributed by atoms with Crippen LogP contribution < -0.4 is 24.8 Å². The lowest BCUT2D eigenvalue weighted by Crippen LogP contribution is -2.60. The highest BCUT2D eigenvalue weighted by Crippen LogP contribution is 2.46. The largest absolute Gasteiger partial charge is 0.496 e. The topological polar surface area (TPSA) is 182 Å². The lowest BCUT2D eigenvalue weighted by Gasteiger charge is -2.35. The van der Waals surface area contributed by atoms with Crippen LogP contribution in [0.15, 0.2) is 61.2 Å². The Labute approximate surface area is 345 Å². The number of carbonyl (C=O) groups excluding carboxylic acids is 4. The first-order chi connectivity index (χ1) is 27.8. The van der Waals surface area contributed by atoms with E-state index in [2.05, 4.69) is 21.9 Å². The van der Waals surface area contributed by atoms with E-state index in [1.54, 1.807) is 7.11 Å². The van der Waals surface area contributed by atoms with Crippen molar-refractivity contribution in [1.82, 2.24) is 25.2 Å². The van der Waals surface area contributed by atoms with Crippen LogP contribution in [-0.2, 0) is 35.6 Å². The van der Waals surface area contributed by atoms with Gasteiger partial charge >= 0.3 is 6.09 Å². The minimum Gasteiger partial charge on any atom is -0.496 e. The van der Waals surface area contributed by atoms with Crippen LogP contribution in [0.3, 0.4) is 0 Å². The van der Waals surface area contributed by atoms with Gasteiger partial charge in [-0.3, -0.25) is 19.1 Å². The molecule has 1 saturated heterocycles. The minimum atomic E-state index is -3.92. The molecule has 4 amide bonds. The predicted octanol–water partition coefficient (Wildman–Crippen LogP) is 5.43. The predicted molar refractivity (Wildman–Crippen MR) is 222 cm³/mol. The van der Waals surface area contributed by atoms with E-state index >= 15 is 0 Å². The summed E-state index contributed by atoms with van der Waals surface area (Å²) < 4.78 is 46.3. The average molecular weight is 830 g/mol. The Balaban J connectivity index is 1.29. The summed E-state index contributed by atoms with van der Waals surface area (Å²) in [6.45, 7) is 13.3. The van der Waals surface area contributed by atoms with Crippen molar-refractivity contribution < 1.29 is 41.8 Å². The van der Waals surface area contributed by atoms with Crippen molar-refractivity contribution in [2.24, 2.45) is 16.7 Å². The van der Waals surface area contributed by atoms with E-state index in [4.69, 9.17) is 19.2 Å². The van der Waals surface area contributed by atoms with Gasteiger partial charge in [-0.2, -0.15) is 0 Å². The zero-order valence-electron chi connectivity index (χ0n) is 34.6. The van der Waals surface area contributed by atoms with E-state index in [1.165, 1.54) is 11.0 Å². The first-order valence-electron chi connectivity index (χ1n) is 20.3. The molecule has 316 valence electrons. The van der Waals surface area contributed by atoms with Crippen molar-refractivity contribution in [2.45, 2.75) is 109 Å². The summed E-state index contributed by atoms with van der Waals surface area (Å²) in [5.41, 5.74) is 0.304. The summed E-state index contributed by atoms with van der Waals surface area (Å²) in [6, 6.07) is 13.2. The number of ether oxygens (including phenoxy) is 3. The van der Waals surface area contributed by atoms with Gasteiger partial charge in [0.15, 0.2) is 0 Å². The standard InChI is InChI=1S/C44H55N5O9S/c1-8-28-23-44(28,40(52)48-59(54,55)30-16-17-30)47-38(50)34-20-29-24-49(34)39(51)37(42(2,3)4)46-41(53)57-25-43(5,6)18-12-15-27-19-31-33(22-35(27)56-7)45-32(21-36(31)58-29)26-13-10-9-11-14-26/h8-11,13-14,19,21-22,28-30,34,37H,1,12,15-18,20,23-25H2,2-7H3,(H,46,53)(H,47,50)(H,48,52)/t28-,29-,34+,37-,44-/m1/s1. The van der Waals surface area contributed by atoms with Crippen LogP contribution in [0, 0.1) is 16.7 Å². The van der Waals surface area contributed by atoms with E-state index in [0.29, 0.717) is 42.0 Å². The third kappa shape index (κ3) is 8.90. The molecule has 1 aromatic heterocycles. The van der Waals surface area contributed by atoms with Gasteiger partial charge < -0.3 is 29.7 Å². The van der Waals surface area contributed by atoms with Gasteiger partial charge in [-0.25, -0.2) is 18.2 Å². The summed E-state index contributed by atoms with van der Waals surface area (Å²) in [4.78, 5) is 62.8. The third-order valence-corrected chi connectivity index (χ3v) is 13.7. The number of carbonyl (C=O) groups is 4. The molecule has 4 aliphatic rings. The lowest BCUT2D eigenvalue weighted by molar-refractivity contribution is -0.142. The first-order valence-corrected chi connectivity index (χ1v) is 21.9. The van der Waals surface area contributed by atoms with Gasteiger partial charge in [-0.05, 0) is 61.0 Å². The average Bonchev–Trinajstić information content (AvgIpc) is 4.12. The number of amides is 4. The van der Waals surface area contributed by atoms with Crippen molar-refractivity contribution in [2.75, 3.05) is 20.3 Å². The number of fused-ring (bicyclic) bond motifs is 3. The number of hydrogen-bond acceptors (Lipinski definition) is 10. The third-order valence-electron chi connectivity index (χ3n) is 11.9. The number of aromatic nitrogens is 1. The number of hydrogen-bond donors (Lipinski definition) is 3. The Hall–Kier alpha value is -5.18. The van der Waals surface area contributed by atoms with Crippen molar-refractivity contribution in [3.63, 3.8) is 0 Å². The maximum absolute atomic E-state index is 14.8. The molecule has 2 aliphatic carbocycles. The lowest BCUT2D eigenvalue weighted by atomic mass is 9.85. The molecule has 3 aromatic rings. The number of cyclic esters (lactones) is 1. The molecule has 3 fully saturated rings.